The van der Waals surface area contributed by atoms with Crippen LogP contribution in [0.15, 0.2) is 12.2 Å². The zero-order valence-electron chi connectivity index (χ0n) is 22.4. The zero-order chi connectivity index (χ0) is 26.5. The number of rotatable bonds is 16. The maximum atomic E-state index is 13.3. The Kier molecular flexibility index (Phi) is 13.0. The molecule has 0 spiro atoms. The highest BCUT2D eigenvalue weighted by Gasteiger charge is 2.62. The van der Waals surface area contributed by atoms with E-state index in [1.165, 1.54) is 0 Å². The minimum atomic E-state index is -0.922. The molecule has 1 saturated carbocycles. The molecule has 204 valence electrons. The number of fused-ring (bicyclic) bond motifs is 2. The maximum Gasteiger partial charge on any atom is 0.310 e. The molecular weight excluding hydrogens is 464 g/mol. The normalized spacial score (nSPS) is 26.3. The van der Waals surface area contributed by atoms with Crippen molar-refractivity contribution in [3.8, 4) is 0 Å². The fourth-order valence-electron chi connectivity index (χ4n) is 5.01. The first-order chi connectivity index (χ1) is 17.4. The molecule has 36 heavy (non-hydrogen) atoms. The van der Waals surface area contributed by atoms with Crippen molar-refractivity contribution < 1.29 is 38.1 Å². The van der Waals surface area contributed by atoms with Gasteiger partial charge < -0.3 is 18.9 Å². The Morgan fingerprint density at radius 3 is 0.889 bits per heavy atom. The van der Waals surface area contributed by atoms with Crippen molar-refractivity contribution in [2.45, 2.75) is 79.1 Å². The number of ether oxygens (including phenoxy) is 4. The van der Waals surface area contributed by atoms with Gasteiger partial charge in [-0.3, -0.25) is 19.2 Å². The van der Waals surface area contributed by atoms with Gasteiger partial charge in [0.1, 0.15) is 0 Å². The standard InChI is InChI=1S/C28H44O8/c1-5-9-15-33-25(29)21-19-13-14-20(22(21)26(30)34-16-10-6-2)24(28(32)36-18-12-8-4)23(19)27(31)35-17-11-7-3/h13-14,19-24H,5-12,15-18H2,1-4H3. The van der Waals surface area contributed by atoms with Gasteiger partial charge in [0, 0.05) is 11.8 Å². The summed E-state index contributed by atoms with van der Waals surface area (Å²) < 4.78 is 22.1. The molecule has 1 fully saturated rings. The van der Waals surface area contributed by atoms with Crippen LogP contribution in [0.25, 0.3) is 0 Å². The molecule has 4 unspecified atom stereocenters. The van der Waals surface area contributed by atoms with Gasteiger partial charge in [0.05, 0.1) is 50.1 Å². The monoisotopic (exact) mass is 508 g/mol. The average Bonchev–Trinajstić information content (AvgIpc) is 2.88. The van der Waals surface area contributed by atoms with Gasteiger partial charge in [-0.2, -0.15) is 0 Å². The molecule has 0 radical (unpaired) electrons. The van der Waals surface area contributed by atoms with E-state index >= 15 is 0 Å². The lowest BCUT2D eigenvalue weighted by atomic mass is 9.53. The molecule has 0 heterocycles. The van der Waals surface area contributed by atoms with Crippen LogP contribution in [-0.4, -0.2) is 50.3 Å². The first kappa shape index (κ1) is 29.8. The van der Waals surface area contributed by atoms with Crippen LogP contribution in [0, 0.1) is 35.5 Å². The van der Waals surface area contributed by atoms with Gasteiger partial charge in [0.2, 0.25) is 0 Å². The largest absolute Gasteiger partial charge is 0.465 e. The number of unbranched alkanes of at least 4 members (excludes halogenated alkanes) is 4. The first-order valence-corrected chi connectivity index (χ1v) is 13.8. The molecule has 3 aliphatic carbocycles. The maximum absolute atomic E-state index is 13.3. The average molecular weight is 509 g/mol. The molecule has 8 heteroatoms. The third kappa shape index (κ3) is 7.56. The second kappa shape index (κ2) is 15.7. The highest BCUT2D eigenvalue weighted by atomic mass is 16.5. The second-order valence-corrected chi connectivity index (χ2v) is 9.73. The zero-order valence-corrected chi connectivity index (χ0v) is 22.4. The van der Waals surface area contributed by atoms with Crippen molar-refractivity contribution in [2.75, 3.05) is 26.4 Å². The molecule has 2 bridgehead atoms. The van der Waals surface area contributed by atoms with Crippen LogP contribution < -0.4 is 0 Å². The van der Waals surface area contributed by atoms with Gasteiger partial charge in [-0.15, -0.1) is 0 Å². The molecule has 0 amide bonds. The number of hydrogen-bond acceptors (Lipinski definition) is 8. The van der Waals surface area contributed by atoms with Crippen molar-refractivity contribution in [1.82, 2.24) is 0 Å². The molecule has 0 N–H and O–H groups in total. The van der Waals surface area contributed by atoms with Gasteiger partial charge in [0.25, 0.3) is 0 Å². The van der Waals surface area contributed by atoms with Gasteiger partial charge in [-0.25, -0.2) is 0 Å². The van der Waals surface area contributed by atoms with E-state index in [1.54, 1.807) is 12.2 Å². The Morgan fingerprint density at radius 1 is 0.472 bits per heavy atom. The van der Waals surface area contributed by atoms with Crippen molar-refractivity contribution in [3.63, 3.8) is 0 Å². The Bertz CT molecular complexity index is 643. The SMILES string of the molecule is CCCCOC(=O)C1C2C=CC(C1C(=O)OCCCC)C(C(=O)OCCCC)C2C(=O)OCCCC. The molecule has 0 aromatic rings. The highest BCUT2D eigenvalue weighted by molar-refractivity contribution is 5.90. The van der Waals surface area contributed by atoms with Gasteiger partial charge in [-0.05, 0) is 25.7 Å². The van der Waals surface area contributed by atoms with Crippen LogP contribution in [0.5, 0.6) is 0 Å². The van der Waals surface area contributed by atoms with E-state index in [0.717, 1.165) is 25.7 Å². The summed E-state index contributed by atoms with van der Waals surface area (Å²) in [5.74, 6) is -7.27. The Hall–Kier alpha value is -2.38. The molecule has 0 aromatic carbocycles. The molecule has 8 nitrogen and oxygen atoms in total. The summed E-state index contributed by atoms with van der Waals surface area (Å²) in [6.07, 6.45) is 9.74. The molecular formula is C28H44O8. The quantitative estimate of drug-likeness (QED) is 0.128. The fraction of sp³-hybridized carbons (Fsp3) is 0.786. The van der Waals surface area contributed by atoms with E-state index < -0.39 is 59.4 Å². The molecule has 0 saturated heterocycles. The van der Waals surface area contributed by atoms with E-state index in [0.29, 0.717) is 25.7 Å². The van der Waals surface area contributed by atoms with E-state index in [2.05, 4.69) is 0 Å². The van der Waals surface area contributed by atoms with Crippen LogP contribution >= 0.6 is 0 Å². The topological polar surface area (TPSA) is 105 Å². The molecule has 3 rings (SSSR count). The van der Waals surface area contributed by atoms with Crippen LogP contribution in [0.2, 0.25) is 0 Å². The summed E-state index contributed by atoms with van der Waals surface area (Å²) >= 11 is 0. The molecule has 4 atom stereocenters. The Labute approximate surface area is 215 Å². The predicted molar refractivity (Wildman–Crippen MR) is 134 cm³/mol. The first-order valence-electron chi connectivity index (χ1n) is 13.8. The van der Waals surface area contributed by atoms with Crippen LogP contribution in [-0.2, 0) is 38.1 Å². The number of hydrogen-bond donors (Lipinski definition) is 0. The summed E-state index contributed by atoms with van der Waals surface area (Å²) in [7, 11) is 0. The lowest BCUT2D eigenvalue weighted by Crippen LogP contribution is -2.58. The minimum Gasteiger partial charge on any atom is -0.465 e. The van der Waals surface area contributed by atoms with Gasteiger partial charge >= 0.3 is 23.9 Å². The summed E-state index contributed by atoms with van der Waals surface area (Å²) in [6, 6.07) is 0. The number of esters is 4. The van der Waals surface area contributed by atoms with Gasteiger partial charge in [-0.1, -0.05) is 65.5 Å². The Balaban J connectivity index is 2.41. The molecule has 3 aliphatic rings. The lowest BCUT2D eigenvalue weighted by molar-refractivity contribution is -0.185. The fourth-order valence-corrected chi connectivity index (χ4v) is 5.01. The van der Waals surface area contributed by atoms with Gasteiger partial charge in [0.15, 0.2) is 0 Å². The Morgan fingerprint density at radius 2 is 0.694 bits per heavy atom. The van der Waals surface area contributed by atoms with Crippen LogP contribution in [0.1, 0.15) is 79.1 Å². The third-order valence-corrected chi connectivity index (χ3v) is 7.05. The van der Waals surface area contributed by atoms with Crippen molar-refractivity contribution in [2.24, 2.45) is 35.5 Å². The summed E-state index contributed by atoms with van der Waals surface area (Å²) in [6.45, 7) is 8.90. The molecule has 0 aliphatic heterocycles. The third-order valence-electron chi connectivity index (χ3n) is 7.05. The van der Waals surface area contributed by atoms with Crippen molar-refractivity contribution >= 4 is 23.9 Å². The second-order valence-electron chi connectivity index (χ2n) is 9.73. The summed E-state index contributed by atoms with van der Waals surface area (Å²) in [4.78, 5) is 53.2. The summed E-state index contributed by atoms with van der Waals surface area (Å²) in [5, 5.41) is 0. The molecule has 0 aromatic heterocycles. The van der Waals surface area contributed by atoms with E-state index in [4.69, 9.17) is 18.9 Å². The lowest BCUT2D eigenvalue weighted by Gasteiger charge is -2.49. The minimum absolute atomic E-state index is 0.235. The number of allylic oxidation sites excluding steroid dienone is 2. The van der Waals surface area contributed by atoms with E-state index in [1.807, 2.05) is 27.7 Å². The summed E-state index contributed by atoms with van der Waals surface area (Å²) in [5.41, 5.74) is 0. The highest BCUT2D eigenvalue weighted by Crippen LogP contribution is 2.53. The van der Waals surface area contributed by atoms with E-state index in [-0.39, 0.29) is 26.4 Å². The number of carbonyl (C=O) groups is 4. The van der Waals surface area contributed by atoms with E-state index in [9.17, 15) is 19.2 Å². The predicted octanol–water partition coefficient (Wildman–Crippen LogP) is 4.64. The number of carbonyl (C=O) groups excluding carboxylic acids is 4. The smallest absolute Gasteiger partial charge is 0.310 e. The van der Waals surface area contributed by atoms with Crippen molar-refractivity contribution in [3.05, 3.63) is 12.2 Å². The van der Waals surface area contributed by atoms with Crippen LogP contribution in [0.4, 0.5) is 0 Å². The van der Waals surface area contributed by atoms with Crippen molar-refractivity contribution in [1.29, 1.82) is 0 Å². The van der Waals surface area contributed by atoms with Crippen LogP contribution in [0.3, 0.4) is 0 Å².